The van der Waals surface area contributed by atoms with Crippen molar-refractivity contribution in [2.45, 2.75) is 6.92 Å². The van der Waals surface area contributed by atoms with Crippen LogP contribution in [0.1, 0.15) is 21.9 Å². The summed E-state index contributed by atoms with van der Waals surface area (Å²) in [5.41, 5.74) is 5.98. The minimum atomic E-state index is -0.588. The Hall–Kier alpha value is -2.93. The Kier molecular flexibility index (Phi) is 5.27. The summed E-state index contributed by atoms with van der Waals surface area (Å²) in [7, 11) is 0. The van der Waals surface area contributed by atoms with Crippen LogP contribution >= 0.6 is 12.2 Å². The van der Waals surface area contributed by atoms with Gasteiger partial charge in [0.05, 0.1) is 11.3 Å². The molecule has 1 aromatic carbocycles. The molecule has 0 saturated carbocycles. The van der Waals surface area contributed by atoms with Gasteiger partial charge in [0.15, 0.2) is 5.11 Å². The van der Waals surface area contributed by atoms with Crippen molar-refractivity contribution in [3.05, 3.63) is 59.6 Å². The lowest BCUT2D eigenvalue weighted by Gasteiger charge is -2.10. The van der Waals surface area contributed by atoms with E-state index in [9.17, 15) is 9.59 Å². The number of furan rings is 1. The van der Waals surface area contributed by atoms with Gasteiger partial charge in [0.25, 0.3) is 5.91 Å². The molecule has 0 atom stereocenters. The van der Waals surface area contributed by atoms with Crippen molar-refractivity contribution >= 4 is 40.9 Å². The van der Waals surface area contributed by atoms with Gasteiger partial charge in [-0.15, -0.1) is 0 Å². The standard InChI is InChI=1S/C16H15N3O3S/c1-10-6-7-11(22-10)8-9-14(20)19-16(23)18-13-5-3-2-4-12(13)15(17)21/h2-9H,1H3,(H2,17,21)(H2,18,19,20,23)/b9-8+. The largest absolute Gasteiger partial charge is 0.462 e. The summed E-state index contributed by atoms with van der Waals surface area (Å²) < 4.78 is 5.31. The fourth-order valence-corrected chi connectivity index (χ4v) is 2.03. The lowest BCUT2D eigenvalue weighted by Crippen LogP contribution is -2.33. The second-order valence-electron chi connectivity index (χ2n) is 4.63. The number of nitrogens with one attached hydrogen (secondary N) is 2. The summed E-state index contributed by atoms with van der Waals surface area (Å²) in [6.45, 7) is 1.81. The molecule has 0 bridgehead atoms. The summed E-state index contributed by atoms with van der Waals surface area (Å²) in [6.07, 6.45) is 2.83. The fraction of sp³-hybridized carbons (Fsp3) is 0.0625. The summed E-state index contributed by atoms with van der Waals surface area (Å²) in [5.74, 6) is 0.310. The molecule has 2 aromatic rings. The number of amides is 2. The van der Waals surface area contributed by atoms with E-state index in [0.29, 0.717) is 11.4 Å². The number of benzene rings is 1. The number of para-hydroxylation sites is 1. The van der Waals surface area contributed by atoms with Crippen LogP contribution in [0.2, 0.25) is 0 Å². The first kappa shape index (κ1) is 16.4. The Labute approximate surface area is 138 Å². The first-order valence-electron chi connectivity index (χ1n) is 6.71. The summed E-state index contributed by atoms with van der Waals surface area (Å²) in [6, 6.07) is 10.1. The second kappa shape index (κ2) is 7.37. The molecular formula is C16H15N3O3S. The molecule has 0 radical (unpaired) electrons. The maximum absolute atomic E-state index is 11.8. The molecule has 118 valence electrons. The second-order valence-corrected chi connectivity index (χ2v) is 5.04. The summed E-state index contributed by atoms with van der Waals surface area (Å²) in [4.78, 5) is 23.1. The van der Waals surface area contributed by atoms with Crippen LogP contribution in [0.25, 0.3) is 6.08 Å². The van der Waals surface area contributed by atoms with E-state index in [-0.39, 0.29) is 10.7 Å². The maximum atomic E-state index is 11.8. The average Bonchev–Trinajstić information content (AvgIpc) is 2.91. The first-order valence-corrected chi connectivity index (χ1v) is 7.12. The van der Waals surface area contributed by atoms with E-state index < -0.39 is 11.8 Å². The molecule has 0 spiro atoms. The van der Waals surface area contributed by atoms with Crippen molar-refractivity contribution in [1.29, 1.82) is 0 Å². The molecular weight excluding hydrogens is 314 g/mol. The lowest BCUT2D eigenvalue weighted by molar-refractivity contribution is -0.115. The van der Waals surface area contributed by atoms with Crippen LogP contribution in [0.5, 0.6) is 0 Å². The SMILES string of the molecule is Cc1ccc(/C=C/C(=O)NC(=S)Nc2ccccc2C(N)=O)o1. The number of aryl methyl sites for hydroxylation is 1. The Bertz CT molecular complexity index is 780. The quantitative estimate of drug-likeness (QED) is 0.590. The van der Waals surface area contributed by atoms with Crippen LogP contribution < -0.4 is 16.4 Å². The minimum absolute atomic E-state index is 0.0592. The smallest absolute Gasteiger partial charge is 0.250 e. The average molecular weight is 329 g/mol. The molecule has 23 heavy (non-hydrogen) atoms. The highest BCUT2D eigenvalue weighted by atomic mass is 32.1. The van der Waals surface area contributed by atoms with Crippen molar-refractivity contribution in [2.24, 2.45) is 5.73 Å². The predicted octanol–water partition coefficient (Wildman–Crippen LogP) is 2.21. The Morgan fingerprint density at radius 3 is 2.61 bits per heavy atom. The molecule has 1 heterocycles. The highest BCUT2D eigenvalue weighted by Crippen LogP contribution is 2.14. The van der Waals surface area contributed by atoms with Gasteiger partial charge in [-0.05, 0) is 49.5 Å². The normalized spacial score (nSPS) is 10.5. The third-order valence-corrected chi connectivity index (χ3v) is 3.04. The van der Waals surface area contributed by atoms with E-state index >= 15 is 0 Å². The zero-order chi connectivity index (χ0) is 16.8. The number of hydrogen-bond acceptors (Lipinski definition) is 4. The number of anilines is 1. The Morgan fingerprint density at radius 2 is 1.96 bits per heavy atom. The van der Waals surface area contributed by atoms with E-state index in [2.05, 4.69) is 10.6 Å². The molecule has 0 aliphatic carbocycles. The monoisotopic (exact) mass is 329 g/mol. The first-order chi connectivity index (χ1) is 11.0. The molecule has 0 fully saturated rings. The number of carbonyl (C=O) groups excluding carboxylic acids is 2. The van der Waals surface area contributed by atoms with E-state index in [4.69, 9.17) is 22.4 Å². The molecule has 6 nitrogen and oxygen atoms in total. The van der Waals surface area contributed by atoms with Gasteiger partial charge < -0.3 is 15.5 Å². The maximum Gasteiger partial charge on any atom is 0.250 e. The highest BCUT2D eigenvalue weighted by molar-refractivity contribution is 7.80. The molecule has 0 unspecified atom stereocenters. The van der Waals surface area contributed by atoms with E-state index in [1.54, 1.807) is 36.4 Å². The molecule has 1 aromatic heterocycles. The van der Waals surface area contributed by atoms with Crippen LogP contribution in [0.3, 0.4) is 0 Å². The van der Waals surface area contributed by atoms with Crippen LogP contribution in [0, 0.1) is 6.92 Å². The number of nitrogens with two attached hydrogens (primary N) is 1. The molecule has 2 rings (SSSR count). The van der Waals surface area contributed by atoms with Gasteiger partial charge in [-0.1, -0.05) is 12.1 Å². The zero-order valence-corrected chi connectivity index (χ0v) is 13.1. The zero-order valence-electron chi connectivity index (χ0n) is 12.3. The summed E-state index contributed by atoms with van der Waals surface area (Å²) >= 11 is 5.04. The van der Waals surface area contributed by atoms with Crippen molar-refractivity contribution in [1.82, 2.24) is 5.32 Å². The van der Waals surface area contributed by atoms with E-state index in [1.807, 2.05) is 6.92 Å². The van der Waals surface area contributed by atoms with Gasteiger partial charge >= 0.3 is 0 Å². The third-order valence-electron chi connectivity index (χ3n) is 2.84. The van der Waals surface area contributed by atoms with Crippen LogP contribution in [-0.2, 0) is 4.79 Å². The summed E-state index contributed by atoms with van der Waals surface area (Å²) in [5, 5.41) is 5.30. The van der Waals surface area contributed by atoms with Gasteiger partial charge in [0, 0.05) is 6.08 Å². The third kappa shape index (κ3) is 4.79. The fourth-order valence-electron chi connectivity index (χ4n) is 1.81. The van der Waals surface area contributed by atoms with Gasteiger partial charge in [-0.2, -0.15) is 0 Å². The molecule has 4 N–H and O–H groups in total. The molecule has 0 saturated heterocycles. The van der Waals surface area contributed by atoms with Crippen molar-refractivity contribution < 1.29 is 14.0 Å². The van der Waals surface area contributed by atoms with Crippen LogP contribution in [0.4, 0.5) is 5.69 Å². The van der Waals surface area contributed by atoms with E-state index in [0.717, 1.165) is 5.76 Å². The number of thiocarbonyl (C=S) groups is 1. The molecule has 2 amide bonds. The van der Waals surface area contributed by atoms with Gasteiger partial charge in [0.1, 0.15) is 11.5 Å². The van der Waals surface area contributed by atoms with Gasteiger partial charge in [-0.3, -0.25) is 14.9 Å². The highest BCUT2D eigenvalue weighted by Gasteiger charge is 2.09. The van der Waals surface area contributed by atoms with Crippen molar-refractivity contribution in [3.8, 4) is 0 Å². The molecule has 7 heteroatoms. The van der Waals surface area contributed by atoms with Crippen LogP contribution in [-0.4, -0.2) is 16.9 Å². The van der Waals surface area contributed by atoms with Gasteiger partial charge in [0.2, 0.25) is 5.91 Å². The lowest BCUT2D eigenvalue weighted by atomic mass is 10.1. The number of rotatable bonds is 4. The van der Waals surface area contributed by atoms with Crippen molar-refractivity contribution in [3.63, 3.8) is 0 Å². The molecule has 0 aliphatic heterocycles. The van der Waals surface area contributed by atoms with Crippen molar-refractivity contribution in [2.75, 3.05) is 5.32 Å². The number of hydrogen-bond donors (Lipinski definition) is 3. The molecule has 0 aliphatic rings. The topological polar surface area (TPSA) is 97.4 Å². The number of primary amides is 1. The van der Waals surface area contributed by atoms with Gasteiger partial charge in [-0.25, -0.2) is 0 Å². The van der Waals surface area contributed by atoms with Crippen LogP contribution in [0.15, 0.2) is 46.9 Å². The Balaban J connectivity index is 1.96. The van der Waals surface area contributed by atoms with E-state index in [1.165, 1.54) is 12.2 Å². The predicted molar refractivity (Wildman–Crippen MR) is 91.8 cm³/mol. The number of carbonyl (C=O) groups is 2. The minimum Gasteiger partial charge on any atom is -0.462 e. The Morgan fingerprint density at radius 1 is 1.22 bits per heavy atom.